The summed E-state index contributed by atoms with van der Waals surface area (Å²) in [5.41, 5.74) is -0.513. The molecule has 0 aromatic carbocycles. The molecule has 1 atom stereocenters. The number of carbonyl (C=O) groups excluding carboxylic acids is 1. The van der Waals surface area contributed by atoms with Crippen LogP contribution in [0.25, 0.3) is 0 Å². The Kier molecular flexibility index (Phi) is 3.80. The van der Waals surface area contributed by atoms with E-state index >= 15 is 0 Å². The number of carbonyl (C=O) groups is 1. The molecule has 1 aliphatic rings. The van der Waals surface area contributed by atoms with E-state index in [0.29, 0.717) is 6.42 Å². The molecule has 1 unspecified atom stereocenters. The van der Waals surface area contributed by atoms with Gasteiger partial charge < -0.3 is 15.0 Å². The second-order valence-corrected chi connectivity index (χ2v) is 5.51. The molecule has 1 fully saturated rings. The summed E-state index contributed by atoms with van der Waals surface area (Å²) in [4.78, 5) is 22.7. The highest BCUT2D eigenvalue weighted by atomic mass is 16.6. The van der Waals surface area contributed by atoms with Crippen LogP contribution in [0.1, 0.15) is 49.6 Å². The first-order chi connectivity index (χ1) is 9.40. The summed E-state index contributed by atoms with van der Waals surface area (Å²) in [6.07, 6.45) is 3.84. The number of aliphatic hydroxyl groups is 1. The standard InChI is InChI=1S/C13H19N3O4/c1-3-13(2,8-17)14-12(18)11-6-10(16(19)20)7-15(11)9-4-5-9/h6-7,9,17H,3-5,8H2,1-2H3,(H,14,18). The molecule has 0 bridgehead atoms. The lowest BCUT2D eigenvalue weighted by atomic mass is 10.00. The zero-order valence-electron chi connectivity index (χ0n) is 11.6. The second kappa shape index (κ2) is 5.24. The number of aliphatic hydroxyl groups excluding tert-OH is 1. The van der Waals surface area contributed by atoms with E-state index in [1.165, 1.54) is 12.3 Å². The van der Waals surface area contributed by atoms with E-state index in [0.717, 1.165) is 12.8 Å². The van der Waals surface area contributed by atoms with Gasteiger partial charge >= 0.3 is 0 Å². The number of nitrogens with zero attached hydrogens (tertiary/aromatic N) is 2. The smallest absolute Gasteiger partial charge is 0.287 e. The molecule has 110 valence electrons. The lowest BCUT2D eigenvalue weighted by Crippen LogP contribution is -2.48. The average molecular weight is 281 g/mol. The Morgan fingerprint density at radius 1 is 1.65 bits per heavy atom. The van der Waals surface area contributed by atoms with Crippen molar-refractivity contribution in [2.24, 2.45) is 0 Å². The van der Waals surface area contributed by atoms with Crippen LogP contribution in [0.15, 0.2) is 12.3 Å². The third kappa shape index (κ3) is 2.82. The van der Waals surface area contributed by atoms with E-state index in [-0.39, 0.29) is 29.9 Å². The number of nitro groups is 1. The topological polar surface area (TPSA) is 97.4 Å². The van der Waals surface area contributed by atoms with E-state index in [4.69, 9.17) is 0 Å². The third-order valence-corrected chi connectivity index (χ3v) is 3.76. The molecule has 0 saturated heterocycles. The monoisotopic (exact) mass is 281 g/mol. The summed E-state index contributed by atoms with van der Waals surface area (Å²) < 4.78 is 1.67. The number of hydrogen-bond acceptors (Lipinski definition) is 4. The molecule has 0 spiro atoms. The maximum absolute atomic E-state index is 12.3. The highest BCUT2D eigenvalue weighted by Gasteiger charge is 2.32. The predicted molar refractivity (Wildman–Crippen MR) is 72.6 cm³/mol. The van der Waals surface area contributed by atoms with E-state index in [9.17, 15) is 20.0 Å². The lowest BCUT2D eigenvalue weighted by molar-refractivity contribution is -0.384. The first-order valence-electron chi connectivity index (χ1n) is 6.70. The van der Waals surface area contributed by atoms with Gasteiger partial charge in [0, 0.05) is 12.1 Å². The van der Waals surface area contributed by atoms with Crippen LogP contribution in [0, 0.1) is 10.1 Å². The fourth-order valence-electron chi connectivity index (χ4n) is 1.98. The van der Waals surface area contributed by atoms with Gasteiger partial charge in [-0.25, -0.2) is 0 Å². The molecule has 1 heterocycles. The Balaban J connectivity index is 2.27. The van der Waals surface area contributed by atoms with Crippen LogP contribution in [0.3, 0.4) is 0 Å². The van der Waals surface area contributed by atoms with Crippen molar-refractivity contribution in [1.82, 2.24) is 9.88 Å². The van der Waals surface area contributed by atoms with Crippen molar-refractivity contribution < 1.29 is 14.8 Å². The molecule has 1 saturated carbocycles. The van der Waals surface area contributed by atoms with E-state index in [1.807, 2.05) is 6.92 Å². The third-order valence-electron chi connectivity index (χ3n) is 3.76. The van der Waals surface area contributed by atoms with Gasteiger partial charge in [0.2, 0.25) is 0 Å². The van der Waals surface area contributed by atoms with Crippen molar-refractivity contribution in [3.05, 3.63) is 28.1 Å². The van der Waals surface area contributed by atoms with Gasteiger partial charge in [-0.2, -0.15) is 0 Å². The van der Waals surface area contributed by atoms with Crippen molar-refractivity contribution in [3.8, 4) is 0 Å². The van der Waals surface area contributed by atoms with Crippen LogP contribution >= 0.6 is 0 Å². The molecular formula is C13H19N3O4. The quantitative estimate of drug-likeness (QED) is 0.611. The van der Waals surface area contributed by atoms with E-state index in [2.05, 4.69) is 5.32 Å². The minimum Gasteiger partial charge on any atom is -0.394 e. The Labute approximate surface area is 116 Å². The fraction of sp³-hybridized carbons (Fsp3) is 0.615. The van der Waals surface area contributed by atoms with E-state index in [1.54, 1.807) is 11.5 Å². The summed E-state index contributed by atoms with van der Waals surface area (Å²) in [7, 11) is 0. The van der Waals surface area contributed by atoms with Crippen molar-refractivity contribution in [3.63, 3.8) is 0 Å². The van der Waals surface area contributed by atoms with Crippen molar-refractivity contribution in [1.29, 1.82) is 0 Å². The lowest BCUT2D eigenvalue weighted by Gasteiger charge is -2.27. The van der Waals surface area contributed by atoms with Crippen LogP contribution in [-0.4, -0.2) is 32.6 Å². The summed E-state index contributed by atoms with van der Waals surface area (Å²) in [5, 5.41) is 22.9. The summed E-state index contributed by atoms with van der Waals surface area (Å²) in [6, 6.07) is 1.47. The molecule has 1 aromatic rings. The highest BCUT2D eigenvalue weighted by molar-refractivity contribution is 5.94. The zero-order valence-corrected chi connectivity index (χ0v) is 11.6. The Bertz CT molecular complexity index is 530. The van der Waals surface area contributed by atoms with Crippen LogP contribution in [0.2, 0.25) is 0 Å². The predicted octanol–water partition coefficient (Wildman–Crippen LogP) is 1.62. The van der Waals surface area contributed by atoms with Crippen LogP contribution in [0.4, 0.5) is 5.69 Å². The first-order valence-corrected chi connectivity index (χ1v) is 6.70. The van der Waals surface area contributed by atoms with Gasteiger partial charge in [-0.05, 0) is 26.2 Å². The molecule has 2 N–H and O–H groups in total. The van der Waals surface area contributed by atoms with Gasteiger partial charge in [-0.15, -0.1) is 0 Å². The average Bonchev–Trinajstić information content (AvgIpc) is 3.16. The maximum atomic E-state index is 12.3. The number of amides is 1. The Morgan fingerprint density at radius 3 is 2.75 bits per heavy atom. The normalized spacial score (nSPS) is 17.6. The number of rotatable bonds is 6. The zero-order chi connectivity index (χ0) is 14.9. The Morgan fingerprint density at radius 2 is 2.30 bits per heavy atom. The minimum absolute atomic E-state index is 0.0794. The minimum atomic E-state index is -0.718. The van der Waals surface area contributed by atoms with Crippen LogP contribution in [0.5, 0.6) is 0 Å². The van der Waals surface area contributed by atoms with Crippen molar-refractivity contribution in [2.45, 2.75) is 44.7 Å². The van der Waals surface area contributed by atoms with Gasteiger partial charge in [0.05, 0.1) is 23.3 Å². The molecule has 7 nitrogen and oxygen atoms in total. The maximum Gasteiger partial charge on any atom is 0.287 e. The van der Waals surface area contributed by atoms with Gasteiger partial charge in [-0.3, -0.25) is 14.9 Å². The van der Waals surface area contributed by atoms with Gasteiger partial charge in [-0.1, -0.05) is 6.92 Å². The molecule has 2 rings (SSSR count). The molecule has 1 amide bonds. The number of aromatic nitrogens is 1. The van der Waals surface area contributed by atoms with Crippen molar-refractivity contribution in [2.75, 3.05) is 6.61 Å². The fourth-order valence-corrected chi connectivity index (χ4v) is 1.98. The van der Waals surface area contributed by atoms with E-state index < -0.39 is 10.5 Å². The molecule has 0 radical (unpaired) electrons. The van der Waals surface area contributed by atoms with Gasteiger partial charge in [0.1, 0.15) is 5.69 Å². The van der Waals surface area contributed by atoms with Gasteiger partial charge in [0.15, 0.2) is 0 Å². The van der Waals surface area contributed by atoms with Gasteiger partial charge in [0.25, 0.3) is 11.6 Å². The molecule has 7 heteroatoms. The number of hydrogen-bond donors (Lipinski definition) is 2. The number of nitrogens with one attached hydrogen (secondary N) is 1. The summed E-state index contributed by atoms with van der Waals surface area (Å²) in [5.74, 6) is -0.386. The second-order valence-electron chi connectivity index (χ2n) is 5.51. The summed E-state index contributed by atoms with van der Waals surface area (Å²) >= 11 is 0. The largest absolute Gasteiger partial charge is 0.394 e. The highest BCUT2D eigenvalue weighted by Crippen LogP contribution is 2.38. The first kappa shape index (κ1) is 14.5. The molecule has 1 aliphatic carbocycles. The van der Waals surface area contributed by atoms with Crippen molar-refractivity contribution >= 4 is 11.6 Å². The van der Waals surface area contributed by atoms with Crippen LogP contribution < -0.4 is 5.32 Å². The molecular weight excluding hydrogens is 262 g/mol. The molecule has 1 aromatic heterocycles. The Hall–Kier alpha value is -1.89. The molecule has 0 aliphatic heterocycles. The van der Waals surface area contributed by atoms with Crippen LogP contribution in [-0.2, 0) is 0 Å². The SMILES string of the molecule is CCC(C)(CO)NC(=O)c1cc([N+](=O)[O-])cn1C1CC1. The molecule has 20 heavy (non-hydrogen) atoms. The summed E-state index contributed by atoms with van der Waals surface area (Å²) in [6.45, 7) is 3.42.